The van der Waals surface area contributed by atoms with E-state index in [9.17, 15) is 9.59 Å². The number of carbonyl (C=O) groups is 2. The molecule has 0 radical (unpaired) electrons. The quantitative estimate of drug-likeness (QED) is 0.863. The summed E-state index contributed by atoms with van der Waals surface area (Å²) in [5.74, 6) is -1.70. The van der Waals surface area contributed by atoms with E-state index in [0.717, 1.165) is 5.01 Å². The maximum Gasteiger partial charge on any atom is 0.338 e. The van der Waals surface area contributed by atoms with E-state index in [1.165, 1.54) is 29.7 Å². The summed E-state index contributed by atoms with van der Waals surface area (Å²) in [5.41, 5.74) is -0.212. The highest BCUT2D eigenvalue weighted by molar-refractivity contribution is 7.09. The molecule has 0 fully saturated rings. The summed E-state index contributed by atoms with van der Waals surface area (Å²) in [6.07, 6.45) is 3.01. The van der Waals surface area contributed by atoms with Crippen LogP contribution in [0.5, 0.6) is 0 Å². The van der Waals surface area contributed by atoms with Crippen LogP contribution in [0.4, 0.5) is 0 Å². The highest BCUT2D eigenvalue weighted by Gasteiger charge is 2.17. The minimum atomic E-state index is -1.18. The van der Waals surface area contributed by atoms with Crippen LogP contribution in [0.3, 0.4) is 0 Å². The summed E-state index contributed by atoms with van der Waals surface area (Å²) in [4.78, 5) is 30.5. The molecule has 0 spiro atoms. The van der Waals surface area contributed by atoms with E-state index in [4.69, 9.17) is 5.11 Å². The Kier molecular flexibility index (Phi) is 3.63. The number of carboxylic acid groups (broad SMARTS) is 1. The Morgan fingerprint density at radius 3 is 2.83 bits per heavy atom. The second-order valence-electron chi connectivity index (χ2n) is 3.31. The Morgan fingerprint density at radius 2 is 2.17 bits per heavy atom. The highest BCUT2D eigenvalue weighted by Crippen LogP contribution is 2.07. The average molecular weight is 263 g/mol. The lowest BCUT2D eigenvalue weighted by Gasteiger charge is -2.05. The number of aromatic nitrogens is 2. The van der Waals surface area contributed by atoms with Crippen LogP contribution in [0, 0.1) is 0 Å². The monoisotopic (exact) mass is 263 g/mol. The molecule has 0 aliphatic carbocycles. The lowest BCUT2D eigenvalue weighted by molar-refractivity contribution is 0.0690. The lowest BCUT2D eigenvalue weighted by Crippen LogP contribution is -2.26. The third kappa shape index (κ3) is 2.69. The normalized spacial score (nSPS) is 10.0. The number of hydrogen-bond donors (Lipinski definition) is 2. The van der Waals surface area contributed by atoms with E-state index in [2.05, 4.69) is 15.3 Å². The lowest BCUT2D eigenvalue weighted by atomic mass is 10.2. The van der Waals surface area contributed by atoms with Crippen LogP contribution < -0.4 is 5.32 Å². The van der Waals surface area contributed by atoms with Gasteiger partial charge in [0, 0.05) is 17.8 Å². The van der Waals surface area contributed by atoms with Gasteiger partial charge in [-0.1, -0.05) is 0 Å². The molecule has 0 saturated heterocycles. The smallest absolute Gasteiger partial charge is 0.338 e. The first-order chi connectivity index (χ1) is 8.68. The number of nitrogens with one attached hydrogen (secondary N) is 1. The van der Waals surface area contributed by atoms with Crippen molar-refractivity contribution in [2.45, 2.75) is 6.54 Å². The first-order valence-corrected chi connectivity index (χ1v) is 5.91. The van der Waals surface area contributed by atoms with Crippen molar-refractivity contribution in [3.8, 4) is 0 Å². The molecule has 6 nitrogen and oxygen atoms in total. The standard InChI is InChI=1S/C11H9N3O3S/c15-10(14-6-8-12-4-5-18-8)9-7(11(16)17)2-1-3-13-9/h1-5H,6H2,(H,14,15)(H,16,17). The summed E-state index contributed by atoms with van der Waals surface area (Å²) in [6.45, 7) is 0.256. The van der Waals surface area contributed by atoms with Gasteiger partial charge >= 0.3 is 5.97 Å². The predicted octanol–water partition coefficient (Wildman–Crippen LogP) is 1.17. The molecule has 0 aromatic carbocycles. The van der Waals surface area contributed by atoms with Gasteiger partial charge in [0.05, 0.1) is 12.1 Å². The molecule has 0 unspecified atom stereocenters. The Hall–Kier alpha value is -2.28. The third-order valence-electron chi connectivity index (χ3n) is 2.14. The van der Waals surface area contributed by atoms with Gasteiger partial charge in [-0.05, 0) is 12.1 Å². The largest absolute Gasteiger partial charge is 0.478 e. The number of hydrogen-bond acceptors (Lipinski definition) is 5. The number of carbonyl (C=O) groups excluding carboxylic acids is 1. The van der Waals surface area contributed by atoms with Crippen molar-refractivity contribution in [1.82, 2.24) is 15.3 Å². The molecule has 0 aliphatic heterocycles. The van der Waals surface area contributed by atoms with Crippen molar-refractivity contribution in [3.63, 3.8) is 0 Å². The van der Waals surface area contributed by atoms with E-state index in [0.29, 0.717) is 0 Å². The van der Waals surface area contributed by atoms with Crippen molar-refractivity contribution in [2.24, 2.45) is 0 Å². The van der Waals surface area contributed by atoms with Crippen molar-refractivity contribution in [3.05, 3.63) is 46.2 Å². The van der Waals surface area contributed by atoms with Gasteiger partial charge in [-0.2, -0.15) is 0 Å². The van der Waals surface area contributed by atoms with E-state index in [-0.39, 0.29) is 17.8 Å². The highest BCUT2D eigenvalue weighted by atomic mass is 32.1. The molecule has 92 valence electrons. The van der Waals surface area contributed by atoms with Crippen molar-refractivity contribution in [1.29, 1.82) is 0 Å². The second kappa shape index (κ2) is 5.37. The van der Waals surface area contributed by atoms with Gasteiger partial charge in [0.15, 0.2) is 0 Å². The van der Waals surface area contributed by atoms with Crippen LogP contribution in [0.2, 0.25) is 0 Å². The Balaban J connectivity index is 2.11. The topological polar surface area (TPSA) is 92.2 Å². The van der Waals surface area contributed by atoms with Gasteiger partial charge < -0.3 is 10.4 Å². The van der Waals surface area contributed by atoms with Crippen molar-refractivity contribution in [2.75, 3.05) is 0 Å². The van der Waals surface area contributed by atoms with Gasteiger partial charge in [-0.25, -0.2) is 9.78 Å². The van der Waals surface area contributed by atoms with Gasteiger partial charge in [-0.15, -0.1) is 11.3 Å². The fraction of sp³-hybridized carbons (Fsp3) is 0.0909. The Morgan fingerprint density at radius 1 is 1.33 bits per heavy atom. The number of amides is 1. The third-order valence-corrected chi connectivity index (χ3v) is 2.92. The number of thiazole rings is 1. The van der Waals surface area contributed by atoms with Crippen LogP contribution in [0.1, 0.15) is 25.9 Å². The first-order valence-electron chi connectivity index (χ1n) is 5.03. The van der Waals surface area contributed by atoms with Gasteiger partial charge in [-0.3, -0.25) is 9.78 Å². The molecule has 2 rings (SSSR count). The molecule has 2 N–H and O–H groups in total. The fourth-order valence-electron chi connectivity index (χ4n) is 1.34. The van der Waals surface area contributed by atoms with E-state index in [1.807, 2.05) is 0 Å². The number of aromatic carboxylic acids is 1. The number of carboxylic acids is 1. The molecule has 0 atom stereocenters. The summed E-state index contributed by atoms with van der Waals surface area (Å²) in [7, 11) is 0. The van der Waals surface area contributed by atoms with Crippen molar-refractivity contribution >= 4 is 23.2 Å². The van der Waals surface area contributed by atoms with E-state index < -0.39 is 11.9 Å². The predicted molar refractivity (Wildman–Crippen MR) is 64.5 cm³/mol. The maximum atomic E-state index is 11.8. The molecule has 18 heavy (non-hydrogen) atoms. The van der Waals surface area contributed by atoms with Crippen LogP contribution in [0.15, 0.2) is 29.9 Å². The summed E-state index contributed by atoms with van der Waals surface area (Å²) in [5, 5.41) is 14.1. The zero-order chi connectivity index (χ0) is 13.0. The Labute approximate surface area is 106 Å². The number of nitrogens with zero attached hydrogens (tertiary/aromatic N) is 2. The maximum absolute atomic E-state index is 11.8. The zero-order valence-corrected chi connectivity index (χ0v) is 9.98. The number of rotatable bonds is 4. The Bertz CT molecular complexity index is 569. The molecule has 2 aromatic heterocycles. The van der Waals surface area contributed by atoms with E-state index in [1.54, 1.807) is 11.6 Å². The zero-order valence-electron chi connectivity index (χ0n) is 9.16. The summed E-state index contributed by atoms with van der Waals surface area (Å²) in [6, 6.07) is 2.81. The molecular formula is C11H9N3O3S. The number of pyridine rings is 1. The van der Waals surface area contributed by atoms with Crippen LogP contribution in [-0.2, 0) is 6.54 Å². The molecule has 2 heterocycles. The first kappa shape index (κ1) is 12.2. The summed E-state index contributed by atoms with van der Waals surface area (Å²) < 4.78 is 0. The van der Waals surface area contributed by atoms with Gasteiger partial charge in [0.1, 0.15) is 10.7 Å². The molecule has 7 heteroatoms. The molecule has 0 saturated carbocycles. The molecule has 0 aliphatic rings. The van der Waals surface area contributed by atoms with Crippen LogP contribution in [-0.4, -0.2) is 27.0 Å². The fourth-order valence-corrected chi connectivity index (χ4v) is 1.89. The van der Waals surface area contributed by atoms with Crippen LogP contribution >= 0.6 is 11.3 Å². The van der Waals surface area contributed by atoms with E-state index >= 15 is 0 Å². The molecular weight excluding hydrogens is 254 g/mol. The molecule has 1 amide bonds. The molecule has 0 bridgehead atoms. The van der Waals surface area contributed by atoms with Crippen molar-refractivity contribution < 1.29 is 14.7 Å². The molecule has 2 aromatic rings. The van der Waals surface area contributed by atoms with Gasteiger partial charge in [0.25, 0.3) is 5.91 Å². The minimum Gasteiger partial charge on any atom is -0.478 e. The second-order valence-corrected chi connectivity index (χ2v) is 4.29. The van der Waals surface area contributed by atoms with Crippen LogP contribution in [0.25, 0.3) is 0 Å². The summed E-state index contributed by atoms with van der Waals surface area (Å²) >= 11 is 1.41. The van der Waals surface area contributed by atoms with Gasteiger partial charge in [0.2, 0.25) is 0 Å². The SMILES string of the molecule is O=C(O)c1cccnc1C(=O)NCc1nccs1. The average Bonchev–Trinajstić information content (AvgIpc) is 2.89. The minimum absolute atomic E-state index is 0.0958.